The summed E-state index contributed by atoms with van der Waals surface area (Å²) in [4.78, 5) is 12.4. The maximum atomic E-state index is 13.0. The zero-order chi connectivity index (χ0) is 21.8. The van der Waals surface area contributed by atoms with Gasteiger partial charge in [0, 0.05) is 13.1 Å². The maximum absolute atomic E-state index is 13.0. The van der Waals surface area contributed by atoms with Crippen LogP contribution in [-0.2, 0) is 16.4 Å². The number of benzene rings is 2. The molecule has 0 atom stereocenters. The van der Waals surface area contributed by atoms with Crippen molar-refractivity contribution in [2.75, 3.05) is 18.4 Å². The molecule has 1 aromatic heterocycles. The maximum Gasteiger partial charge on any atom is 0.272 e. The minimum absolute atomic E-state index is 0.113. The lowest BCUT2D eigenvalue weighted by Gasteiger charge is -2.30. The number of hydrogen-bond donors (Lipinski definition) is 1. The van der Waals surface area contributed by atoms with Crippen LogP contribution in [0.4, 0.5) is 5.13 Å². The third kappa shape index (κ3) is 5.12. The van der Waals surface area contributed by atoms with E-state index >= 15 is 0 Å². The largest absolute Gasteiger partial charge is 0.296 e. The summed E-state index contributed by atoms with van der Waals surface area (Å²) in [6.07, 6.45) is 2.54. The molecule has 7 nitrogen and oxygen atoms in total. The molecule has 1 saturated heterocycles. The predicted octanol–water partition coefficient (Wildman–Crippen LogP) is 4.09. The lowest BCUT2D eigenvalue weighted by Crippen LogP contribution is -2.38. The van der Waals surface area contributed by atoms with E-state index in [-0.39, 0.29) is 15.0 Å². The molecule has 1 fully saturated rings. The van der Waals surface area contributed by atoms with E-state index in [0.717, 1.165) is 30.6 Å². The van der Waals surface area contributed by atoms with E-state index in [0.29, 0.717) is 24.0 Å². The molecule has 0 bridgehead atoms. The second-order valence-electron chi connectivity index (χ2n) is 7.34. The van der Waals surface area contributed by atoms with Gasteiger partial charge >= 0.3 is 0 Å². The van der Waals surface area contributed by atoms with Crippen LogP contribution in [0.3, 0.4) is 0 Å². The van der Waals surface area contributed by atoms with Gasteiger partial charge in [-0.2, -0.15) is 4.31 Å². The van der Waals surface area contributed by atoms with E-state index < -0.39 is 15.9 Å². The van der Waals surface area contributed by atoms with Gasteiger partial charge in [-0.05, 0) is 42.9 Å². The second-order valence-corrected chi connectivity index (χ2v) is 10.8. The summed E-state index contributed by atoms with van der Waals surface area (Å²) >= 11 is 6.87. The molecular formula is C21H21ClN4O3S2. The second kappa shape index (κ2) is 9.44. The molecule has 162 valence electrons. The minimum atomic E-state index is -3.75. The Morgan fingerprint density at radius 1 is 1.06 bits per heavy atom. The standard InChI is InChI=1S/C21H21ClN4O3S2/c22-18-9-5-4-8-17(18)19(27)23-20-24-25-21(30-20)31(28,29)26-12-10-16(11-13-26)14-15-6-2-1-3-7-15/h1-9,16H,10-14H2,(H,23,24,27). The Kier molecular flexibility index (Phi) is 6.66. The molecule has 0 aliphatic carbocycles. The van der Waals surface area contributed by atoms with Gasteiger partial charge in [-0.1, -0.05) is 65.4 Å². The third-order valence-electron chi connectivity index (χ3n) is 5.25. The van der Waals surface area contributed by atoms with E-state index in [1.54, 1.807) is 24.3 Å². The van der Waals surface area contributed by atoms with Gasteiger partial charge in [0.25, 0.3) is 15.9 Å². The molecule has 2 heterocycles. The monoisotopic (exact) mass is 476 g/mol. The van der Waals surface area contributed by atoms with Gasteiger partial charge in [0.2, 0.25) is 9.47 Å². The summed E-state index contributed by atoms with van der Waals surface area (Å²) in [6.45, 7) is 0.890. The number of anilines is 1. The minimum Gasteiger partial charge on any atom is -0.296 e. The highest BCUT2D eigenvalue weighted by atomic mass is 35.5. The summed E-state index contributed by atoms with van der Waals surface area (Å²) in [6, 6.07) is 16.8. The van der Waals surface area contributed by atoms with E-state index in [1.807, 2.05) is 18.2 Å². The molecule has 1 N–H and O–H groups in total. The number of rotatable bonds is 6. The van der Waals surface area contributed by atoms with Crippen LogP contribution in [0, 0.1) is 5.92 Å². The predicted molar refractivity (Wildman–Crippen MR) is 121 cm³/mol. The number of aromatic nitrogens is 2. The van der Waals surface area contributed by atoms with Crippen LogP contribution in [-0.4, -0.2) is 41.9 Å². The number of nitrogens with one attached hydrogen (secondary N) is 1. The van der Waals surface area contributed by atoms with Crippen molar-refractivity contribution in [2.45, 2.75) is 23.6 Å². The fraction of sp³-hybridized carbons (Fsp3) is 0.286. The van der Waals surface area contributed by atoms with Gasteiger partial charge in [-0.3, -0.25) is 10.1 Å². The number of carbonyl (C=O) groups is 1. The molecule has 0 radical (unpaired) electrons. The normalized spacial score (nSPS) is 15.6. The first-order chi connectivity index (χ1) is 14.9. The molecule has 3 aromatic rings. The quantitative estimate of drug-likeness (QED) is 0.541. The molecule has 0 spiro atoms. The SMILES string of the molecule is O=C(Nc1nnc(S(=O)(=O)N2CCC(Cc3ccccc3)CC2)s1)c1ccccc1Cl. The van der Waals surface area contributed by atoms with Gasteiger partial charge in [-0.25, -0.2) is 8.42 Å². The highest BCUT2D eigenvalue weighted by Gasteiger charge is 2.32. The Hall–Kier alpha value is -2.33. The number of nitrogens with zero attached hydrogens (tertiary/aromatic N) is 3. The first-order valence-electron chi connectivity index (χ1n) is 9.87. The zero-order valence-electron chi connectivity index (χ0n) is 16.6. The van der Waals surface area contributed by atoms with Gasteiger partial charge in [-0.15, -0.1) is 10.2 Å². The molecule has 1 aliphatic heterocycles. The fourth-order valence-electron chi connectivity index (χ4n) is 3.59. The molecular weight excluding hydrogens is 456 g/mol. The Bertz CT molecular complexity index is 1160. The highest BCUT2D eigenvalue weighted by molar-refractivity contribution is 7.91. The Labute approximate surface area is 190 Å². The van der Waals surface area contributed by atoms with Crippen molar-refractivity contribution in [1.29, 1.82) is 0 Å². The highest BCUT2D eigenvalue weighted by Crippen LogP contribution is 2.29. The number of piperidine rings is 1. The molecule has 31 heavy (non-hydrogen) atoms. The average molecular weight is 477 g/mol. The van der Waals surface area contributed by atoms with Crippen LogP contribution in [0.1, 0.15) is 28.8 Å². The van der Waals surface area contributed by atoms with E-state index in [9.17, 15) is 13.2 Å². The van der Waals surface area contributed by atoms with Crippen LogP contribution < -0.4 is 5.32 Å². The van der Waals surface area contributed by atoms with Gasteiger partial charge in [0.1, 0.15) is 0 Å². The van der Waals surface area contributed by atoms with Gasteiger partial charge in [0.15, 0.2) is 0 Å². The molecule has 4 rings (SSSR count). The molecule has 2 aromatic carbocycles. The number of hydrogen-bond acceptors (Lipinski definition) is 6. The zero-order valence-corrected chi connectivity index (χ0v) is 19.0. The lowest BCUT2D eigenvalue weighted by molar-refractivity contribution is 0.102. The summed E-state index contributed by atoms with van der Waals surface area (Å²) in [5.74, 6) is -0.0128. The van der Waals surface area contributed by atoms with Crippen molar-refractivity contribution in [3.8, 4) is 0 Å². The van der Waals surface area contributed by atoms with E-state index in [1.165, 1.54) is 9.87 Å². The number of carbonyl (C=O) groups excluding carboxylic acids is 1. The molecule has 1 aliphatic rings. The van der Waals surface area contributed by atoms with E-state index in [2.05, 4.69) is 27.6 Å². The molecule has 0 saturated carbocycles. The first kappa shape index (κ1) is 21.9. The lowest BCUT2D eigenvalue weighted by atomic mass is 9.91. The van der Waals surface area contributed by atoms with Crippen molar-refractivity contribution in [3.63, 3.8) is 0 Å². The fourth-order valence-corrected chi connectivity index (χ4v) is 6.31. The number of sulfonamides is 1. The van der Waals surface area contributed by atoms with Crippen molar-refractivity contribution < 1.29 is 13.2 Å². The van der Waals surface area contributed by atoms with Crippen LogP contribution in [0.25, 0.3) is 0 Å². The number of amides is 1. The van der Waals surface area contributed by atoms with Gasteiger partial charge < -0.3 is 0 Å². The Balaban J connectivity index is 1.38. The molecule has 10 heteroatoms. The van der Waals surface area contributed by atoms with Crippen LogP contribution in [0.15, 0.2) is 58.9 Å². The van der Waals surface area contributed by atoms with Crippen molar-refractivity contribution >= 4 is 44.0 Å². The summed E-state index contributed by atoms with van der Waals surface area (Å²) < 4.78 is 27.3. The Morgan fingerprint density at radius 3 is 2.45 bits per heavy atom. The Morgan fingerprint density at radius 2 is 1.74 bits per heavy atom. The van der Waals surface area contributed by atoms with Crippen molar-refractivity contribution in [3.05, 3.63) is 70.7 Å². The smallest absolute Gasteiger partial charge is 0.272 e. The summed E-state index contributed by atoms with van der Waals surface area (Å²) in [5, 5.41) is 10.6. The molecule has 1 amide bonds. The summed E-state index contributed by atoms with van der Waals surface area (Å²) in [5.41, 5.74) is 1.55. The van der Waals surface area contributed by atoms with Crippen LogP contribution >= 0.6 is 22.9 Å². The van der Waals surface area contributed by atoms with E-state index in [4.69, 9.17) is 11.6 Å². The topological polar surface area (TPSA) is 92.3 Å². The van der Waals surface area contributed by atoms with Crippen LogP contribution in [0.2, 0.25) is 5.02 Å². The van der Waals surface area contributed by atoms with Crippen LogP contribution in [0.5, 0.6) is 0 Å². The third-order valence-corrected chi connectivity index (χ3v) is 8.66. The van der Waals surface area contributed by atoms with Crippen molar-refractivity contribution in [2.24, 2.45) is 5.92 Å². The first-order valence-corrected chi connectivity index (χ1v) is 12.5. The number of halogens is 1. The molecule has 0 unspecified atom stereocenters. The summed E-state index contributed by atoms with van der Waals surface area (Å²) in [7, 11) is -3.75. The van der Waals surface area contributed by atoms with Crippen molar-refractivity contribution in [1.82, 2.24) is 14.5 Å². The average Bonchev–Trinajstić information content (AvgIpc) is 3.24. The van der Waals surface area contributed by atoms with Gasteiger partial charge in [0.05, 0.1) is 10.6 Å².